The van der Waals surface area contributed by atoms with Crippen molar-refractivity contribution in [3.05, 3.63) is 29.8 Å². The van der Waals surface area contributed by atoms with Crippen LogP contribution in [0.2, 0.25) is 0 Å². The Kier molecular flexibility index (Phi) is 2.93. The molecule has 5 heteroatoms. The standard InChI is InChI=1S/C12H15NO4/c1-12(2)16-9-7-5-4-6-8(9)10(17-12)15-11(14)13-3/h4-7,10H,1-3H3,(H,13,14). The molecule has 1 aliphatic rings. The van der Waals surface area contributed by atoms with Crippen molar-refractivity contribution in [1.29, 1.82) is 0 Å². The van der Waals surface area contributed by atoms with E-state index in [9.17, 15) is 4.79 Å². The number of para-hydroxylation sites is 1. The highest BCUT2D eigenvalue weighted by Gasteiger charge is 2.36. The molecule has 1 aromatic rings. The Balaban J connectivity index is 2.29. The Morgan fingerprint density at radius 2 is 2.12 bits per heavy atom. The molecule has 0 aliphatic carbocycles. The number of benzene rings is 1. The van der Waals surface area contributed by atoms with Crippen LogP contribution in [0.25, 0.3) is 0 Å². The summed E-state index contributed by atoms with van der Waals surface area (Å²) in [5.41, 5.74) is 0.704. The molecule has 92 valence electrons. The third-order valence-electron chi connectivity index (χ3n) is 2.34. The molecule has 1 N–H and O–H groups in total. The van der Waals surface area contributed by atoms with Gasteiger partial charge in [0.05, 0.1) is 5.56 Å². The summed E-state index contributed by atoms with van der Waals surface area (Å²) in [6, 6.07) is 7.32. The Morgan fingerprint density at radius 3 is 2.82 bits per heavy atom. The predicted molar refractivity (Wildman–Crippen MR) is 60.5 cm³/mol. The fraction of sp³-hybridized carbons (Fsp3) is 0.417. The van der Waals surface area contributed by atoms with Crippen molar-refractivity contribution in [2.45, 2.75) is 25.9 Å². The zero-order valence-electron chi connectivity index (χ0n) is 10.0. The van der Waals surface area contributed by atoms with Crippen LogP contribution in [0.15, 0.2) is 24.3 Å². The number of carbonyl (C=O) groups excluding carboxylic acids is 1. The summed E-state index contributed by atoms with van der Waals surface area (Å²) in [5, 5.41) is 2.39. The predicted octanol–water partition coefficient (Wildman–Crippen LogP) is 2.19. The Hall–Kier alpha value is -1.75. The molecule has 1 unspecified atom stereocenters. The van der Waals surface area contributed by atoms with E-state index in [1.807, 2.05) is 18.2 Å². The Labute approximate surface area is 99.7 Å². The van der Waals surface area contributed by atoms with Crippen LogP contribution in [0.3, 0.4) is 0 Å². The van der Waals surface area contributed by atoms with Gasteiger partial charge in [-0.3, -0.25) is 4.74 Å². The Bertz CT molecular complexity index is 430. The maximum Gasteiger partial charge on any atom is 0.409 e. The molecule has 0 radical (unpaired) electrons. The van der Waals surface area contributed by atoms with Gasteiger partial charge in [0.2, 0.25) is 12.1 Å². The summed E-state index contributed by atoms with van der Waals surface area (Å²) in [5.74, 6) is -0.162. The molecule has 0 fully saturated rings. The van der Waals surface area contributed by atoms with E-state index in [2.05, 4.69) is 5.32 Å². The van der Waals surface area contributed by atoms with Crippen LogP contribution >= 0.6 is 0 Å². The lowest BCUT2D eigenvalue weighted by molar-refractivity contribution is -0.265. The van der Waals surface area contributed by atoms with Crippen LogP contribution in [-0.2, 0) is 9.47 Å². The lowest BCUT2D eigenvalue weighted by Crippen LogP contribution is -2.39. The molecule has 0 aromatic heterocycles. The quantitative estimate of drug-likeness (QED) is 0.813. The van der Waals surface area contributed by atoms with Gasteiger partial charge in [0.1, 0.15) is 5.75 Å². The van der Waals surface area contributed by atoms with E-state index in [1.54, 1.807) is 19.9 Å². The third kappa shape index (κ3) is 2.50. The smallest absolute Gasteiger partial charge is 0.409 e. The second-order valence-corrected chi connectivity index (χ2v) is 4.14. The number of fused-ring (bicyclic) bond motifs is 1. The van der Waals surface area contributed by atoms with E-state index < -0.39 is 18.2 Å². The van der Waals surface area contributed by atoms with Crippen molar-refractivity contribution in [1.82, 2.24) is 5.32 Å². The number of hydrogen-bond acceptors (Lipinski definition) is 4. The van der Waals surface area contributed by atoms with Crippen LogP contribution in [0.5, 0.6) is 5.75 Å². The normalized spacial score (nSPS) is 21.0. The molecule has 5 nitrogen and oxygen atoms in total. The number of alkyl carbamates (subject to hydrolysis) is 1. The van der Waals surface area contributed by atoms with Crippen molar-refractivity contribution in [2.24, 2.45) is 0 Å². The van der Waals surface area contributed by atoms with E-state index in [1.165, 1.54) is 7.05 Å². The summed E-state index contributed by atoms with van der Waals surface area (Å²) in [4.78, 5) is 11.2. The molecule has 1 amide bonds. The topological polar surface area (TPSA) is 56.8 Å². The average molecular weight is 237 g/mol. The van der Waals surface area contributed by atoms with Crippen LogP contribution < -0.4 is 10.1 Å². The lowest BCUT2D eigenvalue weighted by atomic mass is 10.1. The fourth-order valence-electron chi connectivity index (χ4n) is 1.62. The van der Waals surface area contributed by atoms with Gasteiger partial charge < -0.3 is 14.8 Å². The number of rotatable bonds is 1. The van der Waals surface area contributed by atoms with Crippen LogP contribution in [0.1, 0.15) is 25.7 Å². The minimum Gasteiger partial charge on any atom is -0.462 e. The maximum atomic E-state index is 11.2. The molecule has 17 heavy (non-hydrogen) atoms. The van der Waals surface area contributed by atoms with E-state index in [0.717, 1.165) is 0 Å². The molecule has 0 bridgehead atoms. The van der Waals surface area contributed by atoms with Gasteiger partial charge >= 0.3 is 6.09 Å². The number of nitrogens with one attached hydrogen (secondary N) is 1. The summed E-state index contributed by atoms with van der Waals surface area (Å²) in [7, 11) is 1.50. The highest BCUT2D eigenvalue weighted by atomic mass is 16.8. The van der Waals surface area contributed by atoms with Crippen molar-refractivity contribution < 1.29 is 19.0 Å². The average Bonchev–Trinajstić information content (AvgIpc) is 2.27. The van der Waals surface area contributed by atoms with Gasteiger partial charge in [-0.05, 0) is 12.1 Å². The molecule has 2 rings (SSSR count). The first-order chi connectivity index (χ1) is 8.02. The van der Waals surface area contributed by atoms with E-state index in [0.29, 0.717) is 11.3 Å². The van der Waals surface area contributed by atoms with Gasteiger partial charge in [-0.1, -0.05) is 12.1 Å². The van der Waals surface area contributed by atoms with E-state index in [-0.39, 0.29) is 0 Å². The summed E-state index contributed by atoms with van der Waals surface area (Å²) in [6.07, 6.45) is -1.29. The number of ether oxygens (including phenoxy) is 3. The highest BCUT2D eigenvalue weighted by molar-refractivity contribution is 5.67. The van der Waals surface area contributed by atoms with Gasteiger partial charge in [0.15, 0.2) is 0 Å². The van der Waals surface area contributed by atoms with E-state index >= 15 is 0 Å². The molecule has 0 saturated heterocycles. The monoisotopic (exact) mass is 237 g/mol. The second-order valence-electron chi connectivity index (χ2n) is 4.14. The van der Waals surface area contributed by atoms with E-state index in [4.69, 9.17) is 14.2 Å². The van der Waals surface area contributed by atoms with Gasteiger partial charge in [-0.15, -0.1) is 0 Å². The summed E-state index contributed by atoms with van der Waals surface area (Å²) < 4.78 is 16.3. The van der Waals surface area contributed by atoms with Crippen molar-refractivity contribution in [3.8, 4) is 5.75 Å². The SMILES string of the molecule is CNC(=O)OC1OC(C)(C)Oc2ccccc21. The summed E-state index contributed by atoms with van der Waals surface area (Å²) in [6.45, 7) is 3.53. The lowest BCUT2D eigenvalue weighted by Gasteiger charge is -2.36. The first-order valence-electron chi connectivity index (χ1n) is 5.36. The Morgan fingerprint density at radius 1 is 1.41 bits per heavy atom. The molecule has 0 saturated carbocycles. The van der Waals surface area contributed by atoms with Crippen molar-refractivity contribution in [2.75, 3.05) is 7.05 Å². The van der Waals surface area contributed by atoms with Crippen LogP contribution in [0.4, 0.5) is 4.79 Å². The molecule has 1 aromatic carbocycles. The zero-order chi connectivity index (χ0) is 12.5. The zero-order valence-corrected chi connectivity index (χ0v) is 10.0. The maximum absolute atomic E-state index is 11.2. The molecule has 1 atom stereocenters. The summed E-state index contributed by atoms with van der Waals surface area (Å²) >= 11 is 0. The van der Waals surface area contributed by atoms with Gasteiger partial charge in [0, 0.05) is 20.9 Å². The van der Waals surface area contributed by atoms with Crippen molar-refractivity contribution >= 4 is 6.09 Å². The van der Waals surface area contributed by atoms with Gasteiger partial charge in [-0.2, -0.15) is 0 Å². The molecule has 0 spiro atoms. The highest BCUT2D eigenvalue weighted by Crippen LogP contribution is 2.38. The molecule has 1 aliphatic heterocycles. The first kappa shape index (κ1) is 11.7. The van der Waals surface area contributed by atoms with Crippen LogP contribution in [0, 0.1) is 0 Å². The number of hydrogen-bond donors (Lipinski definition) is 1. The first-order valence-corrected chi connectivity index (χ1v) is 5.36. The molecular weight excluding hydrogens is 222 g/mol. The minimum absolute atomic E-state index is 0.539. The van der Waals surface area contributed by atoms with Gasteiger partial charge in [0.25, 0.3) is 0 Å². The molecule has 1 heterocycles. The number of amides is 1. The van der Waals surface area contributed by atoms with Crippen molar-refractivity contribution in [3.63, 3.8) is 0 Å². The second kappa shape index (κ2) is 4.25. The number of carbonyl (C=O) groups is 1. The van der Waals surface area contributed by atoms with Gasteiger partial charge in [-0.25, -0.2) is 4.79 Å². The molecular formula is C12H15NO4. The van der Waals surface area contributed by atoms with Crippen LogP contribution in [-0.4, -0.2) is 18.9 Å². The third-order valence-corrected chi connectivity index (χ3v) is 2.34. The minimum atomic E-state index is -0.826. The fourth-order valence-corrected chi connectivity index (χ4v) is 1.62. The largest absolute Gasteiger partial charge is 0.462 e.